The Labute approximate surface area is 214 Å². The van der Waals surface area contributed by atoms with E-state index in [1.165, 1.54) is 4.90 Å². The Morgan fingerprint density at radius 2 is 1.66 bits per heavy atom. The third-order valence-corrected chi connectivity index (χ3v) is 6.62. The number of amides is 2. The number of carbonyl (C=O) groups is 3. The lowest BCUT2D eigenvalue weighted by Gasteiger charge is -2.37. The molecule has 7 nitrogen and oxygen atoms in total. The Balaban J connectivity index is 5.81. The third-order valence-electron chi connectivity index (χ3n) is 6.62. The van der Waals surface area contributed by atoms with Gasteiger partial charge in [-0.15, -0.1) is 0 Å². The van der Waals surface area contributed by atoms with Crippen molar-refractivity contribution in [1.82, 2.24) is 15.5 Å². The molecule has 0 saturated heterocycles. The quantitative estimate of drug-likeness (QED) is 0.196. The first-order valence-corrected chi connectivity index (χ1v) is 13.5. The summed E-state index contributed by atoms with van der Waals surface area (Å²) in [6.07, 6.45) is 8.28. The Hall–Kier alpha value is -1.73. The number of aliphatic hydroxyl groups excluding tert-OH is 1. The number of likely N-dealkylation sites (N-methyl/N-ethyl adjacent to an activating group) is 2. The highest BCUT2D eigenvalue weighted by molar-refractivity contribution is 5.94. The zero-order chi connectivity index (χ0) is 27.1. The maximum Gasteiger partial charge on any atom is 0.245 e. The number of ketones is 1. The molecule has 2 amide bonds. The number of rotatable bonds is 18. The van der Waals surface area contributed by atoms with Crippen LogP contribution in [0.5, 0.6) is 0 Å². The number of Topliss-reactive ketones (excluding diaryl/α,β-unsaturated/α-hetero) is 1. The zero-order valence-corrected chi connectivity index (χ0v) is 23.8. The van der Waals surface area contributed by atoms with Gasteiger partial charge in [0.1, 0.15) is 12.1 Å². The van der Waals surface area contributed by atoms with Gasteiger partial charge in [0.2, 0.25) is 11.8 Å². The van der Waals surface area contributed by atoms with E-state index >= 15 is 0 Å². The largest absolute Gasteiger partial charge is 0.390 e. The van der Waals surface area contributed by atoms with E-state index in [4.69, 9.17) is 0 Å². The van der Waals surface area contributed by atoms with Crippen molar-refractivity contribution in [2.75, 3.05) is 14.1 Å². The number of carbonyl (C=O) groups excluding carboxylic acids is 3. The first-order chi connectivity index (χ1) is 16.4. The molecule has 1 unspecified atom stereocenters. The highest BCUT2D eigenvalue weighted by Gasteiger charge is 2.39. The maximum absolute atomic E-state index is 13.6. The average Bonchev–Trinajstić information content (AvgIpc) is 2.80. The van der Waals surface area contributed by atoms with Crippen LogP contribution in [-0.4, -0.2) is 65.9 Å². The van der Waals surface area contributed by atoms with Gasteiger partial charge in [0, 0.05) is 13.5 Å². The normalized spacial score (nSPS) is 16.2. The predicted octanol–water partition coefficient (Wildman–Crippen LogP) is 4.09. The van der Waals surface area contributed by atoms with Crippen LogP contribution in [0.2, 0.25) is 0 Å². The predicted molar refractivity (Wildman–Crippen MR) is 144 cm³/mol. The second kappa shape index (κ2) is 17.7. The minimum absolute atomic E-state index is 0.126. The van der Waals surface area contributed by atoms with E-state index in [1.807, 2.05) is 53.7 Å². The summed E-state index contributed by atoms with van der Waals surface area (Å²) < 4.78 is 0. The fourth-order valence-corrected chi connectivity index (χ4v) is 4.26. The molecule has 0 aliphatic carbocycles. The molecule has 0 aromatic rings. The summed E-state index contributed by atoms with van der Waals surface area (Å²) in [5.74, 6) is -0.764. The minimum Gasteiger partial charge on any atom is -0.390 e. The molecular formula is C28H53N3O4. The van der Waals surface area contributed by atoms with E-state index in [1.54, 1.807) is 14.1 Å². The van der Waals surface area contributed by atoms with Gasteiger partial charge in [-0.05, 0) is 51.0 Å². The van der Waals surface area contributed by atoms with Crippen LogP contribution in [0.25, 0.3) is 0 Å². The number of allylic oxidation sites excluding steroid dienone is 2. The lowest BCUT2D eigenvalue weighted by atomic mass is 9.88. The molecule has 0 fully saturated rings. The van der Waals surface area contributed by atoms with Gasteiger partial charge in [-0.2, -0.15) is 0 Å². The Bertz CT molecular complexity index is 663. The molecule has 0 radical (unpaired) electrons. The van der Waals surface area contributed by atoms with E-state index < -0.39 is 24.2 Å². The van der Waals surface area contributed by atoms with Crippen molar-refractivity contribution in [2.24, 2.45) is 17.8 Å². The summed E-state index contributed by atoms with van der Waals surface area (Å²) in [5.41, 5.74) is 0. The molecule has 0 spiro atoms. The van der Waals surface area contributed by atoms with Crippen LogP contribution < -0.4 is 10.6 Å². The van der Waals surface area contributed by atoms with Crippen LogP contribution in [0.3, 0.4) is 0 Å². The Morgan fingerprint density at radius 3 is 2.14 bits per heavy atom. The van der Waals surface area contributed by atoms with E-state index in [-0.39, 0.29) is 29.4 Å². The van der Waals surface area contributed by atoms with Crippen molar-refractivity contribution in [3.05, 3.63) is 12.2 Å². The fraction of sp³-hybridized carbons (Fsp3) is 0.821. The van der Waals surface area contributed by atoms with E-state index in [9.17, 15) is 19.5 Å². The summed E-state index contributed by atoms with van der Waals surface area (Å²) in [4.78, 5) is 41.2. The van der Waals surface area contributed by atoms with Gasteiger partial charge in [-0.1, -0.05) is 73.0 Å². The van der Waals surface area contributed by atoms with Crippen LogP contribution in [0, 0.1) is 17.8 Å². The van der Waals surface area contributed by atoms with Gasteiger partial charge in [0.15, 0.2) is 5.78 Å². The number of nitrogens with zero attached hydrogens (tertiary/aromatic N) is 1. The smallest absolute Gasteiger partial charge is 0.245 e. The van der Waals surface area contributed by atoms with Gasteiger partial charge in [-0.3, -0.25) is 14.4 Å². The number of unbranched alkanes of at least 4 members (excludes halogenated alkanes) is 3. The Kier molecular flexibility index (Phi) is 16.8. The lowest BCUT2D eigenvalue weighted by Crippen LogP contribution is -2.59. The van der Waals surface area contributed by atoms with Crippen molar-refractivity contribution in [1.29, 1.82) is 0 Å². The third kappa shape index (κ3) is 11.7. The molecule has 7 heteroatoms. The SMILES string of the molecule is C/C=C/C[C@@H](C)[C@@H](O)[C@@H](C(=O)CCCCCC)N(C)C(=O)C(NC(=O)[C@H](CC(C)C)NC)C(C)C. The monoisotopic (exact) mass is 495 g/mol. The molecule has 5 atom stereocenters. The molecular weight excluding hydrogens is 442 g/mol. The molecule has 35 heavy (non-hydrogen) atoms. The first-order valence-electron chi connectivity index (χ1n) is 13.5. The van der Waals surface area contributed by atoms with Crippen molar-refractivity contribution in [2.45, 2.75) is 118 Å². The topological polar surface area (TPSA) is 98.7 Å². The highest BCUT2D eigenvalue weighted by Crippen LogP contribution is 2.21. The lowest BCUT2D eigenvalue weighted by molar-refractivity contribution is -0.147. The van der Waals surface area contributed by atoms with E-state index in [0.29, 0.717) is 25.2 Å². The summed E-state index contributed by atoms with van der Waals surface area (Å²) >= 11 is 0. The second-order valence-corrected chi connectivity index (χ2v) is 10.6. The van der Waals surface area contributed by atoms with Crippen LogP contribution in [0.15, 0.2) is 12.2 Å². The molecule has 3 N–H and O–H groups in total. The number of hydrogen-bond acceptors (Lipinski definition) is 5. The van der Waals surface area contributed by atoms with Crippen LogP contribution in [-0.2, 0) is 14.4 Å². The molecule has 0 rings (SSSR count). The van der Waals surface area contributed by atoms with Crippen molar-refractivity contribution in [3.63, 3.8) is 0 Å². The van der Waals surface area contributed by atoms with Gasteiger partial charge in [0.05, 0.1) is 12.1 Å². The molecule has 0 bridgehead atoms. The van der Waals surface area contributed by atoms with Gasteiger partial charge in [-0.25, -0.2) is 0 Å². The summed E-state index contributed by atoms with van der Waals surface area (Å²) in [7, 11) is 3.31. The molecule has 0 aromatic heterocycles. The molecule has 0 aliphatic heterocycles. The van der Waals surface area contributed by atoms with Crippen molar-refractivity contribution < 1.29 is 19.5 Å². The summed E-state index contributed by atoms with van der Waals surface area (Å²) in [6.45, 7) is 13.8. The molecule has 0 aliphatic rings. The fourth-order valence-electron chi connectivity index (χ4n) is 4.26. The van der Waals surface area contributed by atoms with Crippen molar-refractivity contribution in [3.8, 4) is 0 Å². The second-order valence-electron chi connectivity index (χ2n) is 10.6. The van der Waals surface area contributed by atoms with Crippen molar-refractivity contribution >= 4 is 17.6 Å². The summed E-state index contributed by atoms with van der Waals surface area (Å²) in [6, 6.07) is -2.14. The van der Waals surface area contributed by atoms with E-state index in [2.05, 4.69) is 17.6 Å². The van der Waals surface area contributed by atoms with Crippen LogP contribution in [0.1, 0.15) is 93.4 Å². The van der Waals surface area contributed by atoms with Crippen LogP contribution >= 0.6 is 0 Å². The Morgan fingerprint density at radius 1 is 1.03 bits per heavy atom. The molecule has 0 heterocycles. The number of nitrogens with one attached hydrogen (secondary N) is 2. The average molecular weight is 496 g/mol. The van der Waals surface area contributed by atoms with Gasteiger partial charge >= 0.3 is 0 Å². The van der Waals surface area contributed by atoms with E-state index in [0.717, 1.165) is 25.7 Å². The molecule has 204 valence electrons. The zero-order valence-electron chi connectivity index (χ0n) is 23.8. The highest BCUT2D eigenvalue weighted by atomic mass is 16.3. The molecule has 0 aromatic carbocycles. The van der Waals surface area contributed by atoms with Gasteiger partial charge < -0.3 is 20.6 Å². The maximum atomic E-state index is 13.6. The standard InChI is InChI=1S/C28H53N3O4/c1-10-12-14-15-17-23(32)25(26(33)21(7)16-13-11-2)31(9)28(35)24(20(5)6)30-27(34)22(29-8)18-19(3)4/h11,13,19-22,24-26,29,33H,10,12,14-18H2,1-9H3,(H,30,34)/b13-11+/t21-,22+,24?,25-,26-/m1/s1. The van der Waals surface area contributed by atoms with Crippen LogP contribution in [0.4, 0.5) is 0 Å². The number of hydrogen-bond donors (Lipinski definition) is 3. The first kappa shape index (κ1) is 33.3. The summed E-state index contributed by atoms with van der Waals surface area (Å²) in [5, 5.41) is 17.1. The minimum atomic E-state index is -0.992. The van der Waals surface area contributed by atoms with Gasteiger partial charge in [0.25, 0.3) is 0 Å². The number of aliphatic hydroxyl groups is 1. The molecule has 0 saturated carbocycles.